The van der Waals surface area contributed by atoms with E-state index < -0.39 is 12.0 Å². The molecule has 1 amide bonds. The number of carbonyl (C=O) groups excluding carboxylic acids is 1. The fraction of sp³-hybridized carbons (Fsp3) is 0.231. The molecule has 0 aliphatic heterocycles. The highest BCUT2D eigenvalue weighted by Gasteiger charge is 2.19. The maximum Gasteiger partial charge on any atom is 0.327 e. The number of halogens is 1. The van der Waals surface area contributed by atoms with Crippen LogP contribution >= 0.6 is 27.7 Å². The molecule has 2 rings (SSSR count). The molecule has 0 fully saturated rings. The van der Waals surface area contributed by atoms with Crippen molar-refractivity contribution in [2.75, 3.05) is 5.75 Å². The molecule has 2 N–H and O–H groups in total. The van der Waals surface area contributed by atoms with Crippen LogP contribution in [-0.4, -0.2) is 38.7 Å². The number of fused-ring (bicyclic) bond motifs is 1. The van der Waals surface area contributed by atoms with E-state index in [9.17, 15) is 9.59 Å². The summed E-state index contributed by atoms with van der Waals surface area (Å²) >= 11 is 4.65. The molecular formula is C13H12BrN3O3S. The van der Waals surface area contributed by atoms with Crippen LogP contribution in [0, 0.1) is 0 Å². The molecule has 2 heterocycles. The van der Waals surface area contributed by atoms with Gasteiger partial charge in [-0.25, -0.2) is 4.79 Å². The van der Waals surface area contributed by atoms with Gasteiger partial charge in [0.2, 0.25) is 5.91 Å². The highest BCUT2D eigenvalue weighted by atomic mass is 79.9. The van der Waals surface area contributed by atoms with Crippen molar-refractivity contribution in [1.82, 2.24) is 15.3 Å². The summed E-state index contributed by atoms with van der Waals surface area (Å²) in [5, 5.41) is 11.5. The fourth-order valence-corrected chi connectivity index (χ4v) is 3.03. The highest BCUT2D eigenvalue weighted by molar-refractivity contribution is 9.10. The molecule has 110 valence electrons. The molecule has 21 heavy (non-hydrogen) atoms. The lowest BCUT2D eigenvalue weighted by Crippen LogP contribution is -2.41. The van der Waals surface area contributed by atoms with E-state index in [1.54, 1.807) is 18.5 Å². The SMILES string of the molecule is CC(=O)N[C@@H](CSc1ccnc2cc(Br)cnc12)C(=O)O. The lowest BCUT2D eigenvalue weighted by Gasteiger charge is -2.13. The lowest BCUT2D eigenvalue weighted by atomic mass is 10.3. The summed E-state index contributed by atoms with van der Waals surface area (Å²) in [7, 11) is 0. The van der Waals surface area contributed by atoms with Crippen molar-refractivity contribution in [3.63, 3.8) is 0 Å². The van der Waals surface area contributed by atoms with Crippen LogP contribution in [0.3, 0.4) is 0 Å². The number of rotatable bonds is 5. The van der Waals surface area contributed by atoms with Crippen molar-refractivity contribution in [3.8, 4) is 0 Å². The van der Waals surface area contributed by atoms with Gasteiger partial charge in [-0.2, -0.15) is 0 Å². The Morgan fingerprint density at radius 2 is 2.24 bits per heavy atom. The average molecular weight is 370 g/mol. The fourth-order valence-electron chi connectivity index (χ4n) is 1.69. The van der Waals surface area contributed by atoms with Gasteiger partial charge in [0.15, 0.2) is 0 Å². The van der Waals surface area contributed by atoms with Crippen LogP contribution in [0.2, 0.25) is 0 Å². The van der Waals surface area contributed by atoms with Gasteiger partial charge in [-0.3, -0.25) is 14.8 Å². The van der Waals surface area contributed by atoms with Crippen molar-refractivity contribution in [2.45, 2.75) is 17.9 Å². The normalized spacial score (nSPS) is 12.1. The second kappa shape index (κ2) is 6.86. The van der Waals surface area contributed by atoms with Gasteiger partial charge in [0.25, 0.3) is 0 Å². The van der Waals surface area contributed by atoms with E-state index >= 15 is 0 Å². The van der Waals surface area contributed by atoms with Gasteiger partial charge >= 0.3 is 5.97 Å². The topological polar surface area (TPSA) is 92.2 Å². The van der Waals surface area contributed by atoms with Crippen LogP contribution in [0.25, 0.3) is 11.0 Å². The summed E-state index contributed by atoms with van der Waals surface area (Å²) in [6.45, 7) is 1.29. The molecule has 0 aliphatic carbocycles. The molecule has 0 unspecified atom stereocenters. The minimum absolute atomic E-state index is 0.214. The molecule has 2 aromatic rings. The van der Waals surface area contributed by atoms with E-state index in [0.29, 0.717) is 5.52 Å². The minimum atomic E-state index is -1.06. The van der Waals surface area contributed by atoms with Gasteiger partial charge in [-0.05, 0) is 28.1 Å². The van der Waals surface area contributed by atoms with Crippen molar-refractivity contribution < 1.29 is 14.7 Å². The largest absolute Gasteiger partial charge is 0.480 e. The molecule has 1 atom stereocenters. The van der Waals surface area contributed by atoms with E-state index in [1.165, 1.54) is 18.7 Å². The van der Waals surface area contributed by atoms with Crippen LogP contribution in [-0.2, 0) is 9.59 Å². The smallest absolute Gasteiger partial charge is 0.327 e. The number of hydrogen-bond acceptors (Lipinski definition) is 5. The van der Waals surface area contributed by atoms with Crippen molar-refractivity contribution >= 4 is 50.6 Å². The Kier molecular flexibility index (Phi) is 5.13. The Balaban J connectivity index is 2.19. The number of thioether (sulfide) groups is 1. The number of aromatic nitrogens is 2. The molecule has 0 aromatic carbocycles. The first kappa shape index (κ1) is 15.7. The van der Waals surface area contributed by atoms with Crippen LogP contribution in [0.5, 0.6) is 0 Å². The summed E-state index contributed by atoms with van der Waals surface area (Å²) in [6.07, 6.45) is 3.31. The number of nitrogens with zero attached hydrogens (tertiary/aromatic N) is 2. The van der Waals surface area contributed by atoms with Gasteiger partial charge < -0.3 is 10.4 Å². The van der Waals surface area contributed by atoms with Crippen LogP contribution in [0.15, 0.2) is 33.9 Å². The Morgan fingerprint density at radius 1 is 1.48 bits per heavy atom. The summed E-state index contributed by atoms with van der Waals surface area (Å²) in [4.78, 5) is 31.5. The summed E-state index contributed by atoms with van der Waals surface area (Å²) in [5.41, 5.74) is 1.43. The first-order valence-electron chi connectivity index (χ1n) is 6.00. The van der Waals surface area contributed by atoms with E-state index in [0.717, 1.165) is 14.9 Å². The molecule has 8 heteroatoms. The van der Waals surface area contributed by atoms with Crippen LogP contribution in [0.4, 0.5) is 0 Å². The molecule has 0 bridgehead atoms. The lowest BCUT2D eigenvalue weighted by molar-refractivity contribution is -0.140. The first-order valence-corrected chi connectivity index (χ1v) is 7.78. The molecule has 0 aliphatic rings. The predicted octanol–water partition coefficient (Wildman–Crippen LogP) is 2.07. The van der Waals surface area contributed by atoms with E-state index in [2.05, 4.69) is 31.2 Å². The maximum atomic E-state index is 11.1. The number of nitrogens with one attached hydrogen (secondary N) is 1. The third-order valence-corrected chi connectivity index (χ3v) is 4.16. The Morgan fingerprint density at radius 3 is 2.90 bits per heavy atom. The zero-order valence-corrected chi connectivity index (χ0v) is 13.4. The van der Waals surface area contributed by atoms with Gasteiger partial charge in [0, 0.05) is 34.4 Å². The third-order valence-electron chi connectivity index (χ3n) is 2.59. The van der Waals surface area contributed by atoms with Gasteiger partial charge in [0.05, 0.1) is 5.52 Å². The Labute approximate surface area is 133 Å². The minimum Gasteiger partial charge on any atom is -0.480 e. The number of carboxylic acid groups (broad SMARTS) is 1. The number of aliphatic carboxylic acids is 1. The summed E-state index contributed by atoms with van der Waals surface area (Å²) in [5.74, 6) is -1.22. The zero-order valence-electron chi connectivity index (χ0n) is 11.0. The second-order valence-corrected chi connectivity index (χ2v) is 6.21. The number of hydrogen-bond donors (Lipinski definition) is 2. The summed E-state index contributed by atoms with van der Waals surface area (Å²) < 4.78 is 0.825. The Bertz CT molecular complexity index is 695. The summed E-state index contributed by atoms with van der Waals surface area (Å²) in [6, 6.07) is 2.68. The van der Waals surface area contributed by atoms with Gasteiger partial charge in [-0.1, -0.05) is 0 Å². The van der Waals surface area contributed by atoms with Crippen LogP contribution < -0.4 is 5.32 Å². The molecule has 6 nitrogen and oxygen atoms in total. The average Bonchev–Trinajstić information content (AvgIpc) is 2.42. The molecule has 0 radical (unpaired) electrons. The number of carbonyl (C=O) groups is 2. The van der Waals surface area contributed by atoms with Crippen LogP contribution in [0.1, 0.15) is 6.92 Å². The van der Waals surface area contributed by atoms with E-state index in [4.69, 9.17) is 5.11 Å². The standard InChI is InChI=1S/C13H12BrN3O3S/c1-7(18)17-10(13(19)20)6-21-11-2-3-15-9-4-8(14)5-16-12(9)11/h2-5,10H,6H2,1H3,(H,17,18)(H,19,20)/t10-/m0/s1. The quantitative estimate of drug-likeness (QED) is 0.783. The molecular weight excluding hydrogens is 358 g/mol. The highest BCUT2D eigenvalue weighted by Crippen LogP contribution is 2.27. The predicted molar refractivity (Wildman–Crippen MR) is 83.2 cm³/mol. The number of amides is 1. The first-order chi connectivity index (χ1) is 9.97. The Hall–Kier alpha value is -1.67. The molecule has 0 saturated heterocycles. The maximum absolute atomic E-state index is 11.1. The number of carboxylic acids is 1. The molecule has 2 aromatic heterocycles. The zero-order chi connectivity index (χ0) is 15.4. The van der Waals surface area contributed by atoms with E-state index in [-0.39, 0.29) is 11.7 Å². The molecule has 0 saturated carbocycles. The van der Waals surface area contributed by atoms with Crippen molar-refractivity contribution in [1.29, 1.82) is 0 Å². The third kappa shape index (κ3) is 4.15. The molecule has 0 spiro atoms. The van der Waals surface area contributed by atoms with Gasteiger partial charge in [0.1, 0.15) is 11.6 Å². The second-order valence-electron chi connectivity index (χ2n) is 4.23. The monoisotopic (exact) mass is 369 g/mol. The van der Waals surface area contributed by atoms with Crippen molar-refractivity contribution in [3.05, 3.63) is 29.0 Å². The number of pyridine rings is 2. The van der Waals surface area contributed by atoms with E-state index in [1.807, 2.05) is 6.07 Å². The van der Waals surface area contributed by atoms with Gasteiger partial charge in [-0.15, -0.1) is 11.8 Å². The van der Waals surface area contributed by atoms with Crippen molar-refractivity contribution in [2.24, 2.45) is 0 Å².